The zero-order valence-electron chi connectivity index (χ0n) is 8.25. The fraction of sp³-hybridized carbons (Fsp3) is 0.154. The van der Waals surface area contributed by atoms with E-state index in [4.69, 9.17) is 11.5 Å². The molecule has 0 bridgehead atoms. The maximum atomic E-state index is 9.04. The van der Waals surface area contributed by atoms with Gasteiger partial charge >= 0.3 is 0 Å². The molecule has 1 nitrogen and oxygen atoms in total. The van der Waals surface area contributed by atoms with Gasteiger partial charge in [0.25, 0.3) is 0 Å². The first-order chi connectivity index (χ1) is 6.74. The average Bonchev–Trinajstić information content (AvgIpc) is 2.26. The molecule has 1 N–H and O–H groups in total. The molecule has 0 saturated carbocycles. The molecule has 1 heteroatoms. The van der Waals surface area contributed by atoms with Crippen LogP contribution in [-0.2, 0) is 0 Å². The maximum absolute atomic E-state index is 9.04. The van der Waals surface area contributed by atoms with Gasteiger partial charge < -0.3 is 5.11 Å². The Morgan fingerprint density at radius 2 is 2.36 bits per heavy atom. The molecule has 0 aliphatic heterocycles. The summed E-state index contributed by atoms with van der Waals surface area (Å²) in [7, 11) is 0. The Balaban J connectivity index is 3.30. The first-order valence-electron chi connectivity index (χ1n) is 4.40. The van der Waals surface area contributed by atoms with Gasteiger partial charge in [0.05, 0.1) is 6.61 Å². The third kappa shape index (κ3) is 1.86. The average molecular weight is 185 g/mol. The van der Waals surface area contributed by atoms with Crippen LogP contribution in [0.25, 0.3) is 6.08 Å². The first kappa shape index (κ1) is 10.6. The fourth-order valence-electron chi connectivity index (χ4n) is 1.34. The largest absolute Gasteiger partial charge is 0.395 e. The second-order valence-corrected chi connectivity index (χ2v) is 3.06. The van der Waals surface area contributed by atoms with Gasteiger partial charge in [-0.2, -0.15) is 0 Å². The van der Waals surface area contributed by atoms with Crippen molar-refractivity contribution in [1.82, 2.24) is 0 Å². The molecule has 0 aliphatic carbocycles. The molecular formula is C13H13O. The number of terminal acetylenes is 1. The van der Waals surface area contributed by atoms with Crippen LogP contribution in [0.2, 0.25) is 0 Å². The highest BCUT2D eigenvalue weighted by Gasteiger charge is 2.10. The van der Waals surface area contributed by atoms with E-state index >= 15 is 0 Å². The Morgan fingerprint density at radius 3 is 2.86 bits per heavy atom. The zero-order chi connectivity index (χ0) is 10.6. The molecule has 1 aromatic carbocycles. The molecule has 1 aromatic rings. The van der Waals surface area contributed by atoms with Gasteiger partial charge in [0, 0.05) is 11.5 Å². The summed E-state index contributed by atoms with van der Waals surface area (Å²) < 4.78 is 0. The van der Waals surface area contributed by atoms with E-state index in [2.05, 4.69) is 12.5 Å². The van der Waals surface area contributed by atoms with Crippen molar-refractivity contribution in [2.24, 2.45) is 0 Å². The number of aliphatic hydroxyl groups is 1. The van der Waals surface area contributed by atoms with Crippen molar-refractivity contribution in [2.75, 3.05) is 6.61 Å². The predicted octanol–water partition coefficient (Wildman–Crippen LogP) is 2.25. The quantitative estimate of drug-likeness (QED) is 0.716. The summed E-state index contributed by atoms with van der Waals surface area (Å²) in [5, 5.41) is 9.04. The molecule has 14 heavy (non-hydrogen) atoms. The predicted molar refractivity (Wildman–Crippen MR) is 59.6 cm³/mol. The maximum Gasteiger partial charge on any atom is 0.0535 e. The lowest BCUT2D eigenvalue weighted by molar-refractivity contribution is 0.315. The van der Waals surface area contributed by atoms with Crippen LogP contribution in [0, 0.1) is 18.3 Å². The van der Waals surface area contributed by atoms with Crippen molar-refractivity contribution in [3.05, 3.63) is 47.4 Å². The third-order valence-corrected chi connectivity index (χ3v) is 2.16. The highest BCUT2D eigenvalue weighted by atomic mass is 16.3. The molecule has 0 unspecified atom stereocenters. The molecule has 1 rings (SSSR count). The second-order valence-electron chi connectivity index (χ2n) is 3.06. The minimum atomic E-state index is 0.0231. The molecular weight excluding hydrogens is 172 g/mol. The van der Waals surface area contributed by atoms with Gasteiger partial charge in [0.1, 0.15) is 0 Å². The molecule has 71 valence electrons. The Kier molecular flexibility index (Phi) is 3.50. The van der Waals surface area contributed by atoms with E-state index in [0.29, 0.717) is 0 Å². The SMILES string of the molecule is C#Cc1c(C=C)cccc1[C](C)CO. The van der Waals surface area contributed by atoms with Crippen LogP contribution < -0.4 is 0 Å². The van der Waals surface area contributed by atoms with E-state index in [-0.39, 0.29) is 6.61 Å². The van der Waals surface area contributed by atoms with Crippen LogP contribution in [0.4, 0.5) is 0 Å². The zero-order valence-corrected chi connectivity index (χ0v) is 8.25. The summed E-state index contributed by atoms with van der Waals surface area (Å²) in [6, 6.07) is 5.73. The van der Waals surface area contributed by atoms with Gasteiger partial charge in [-0.15, -0.1) is 6.42 Å². The number of hydrogen-bond acceptors (Lipinski definition) is 1. The third-order valence-electron chi connectivity index (χ3n) is 2.16. The van der Waals surface area contributed by atoms with Crippen molar-refractivity contribution in [1.29, 1.82) is 0 Å². The van der Waals surface area contributed by atoms with E-state index in [1.54, 1.807) is 6.08 Å². The lowest BCUT2D eigenvalue weighted by atomic mass is 9.93. The van der Waals surface area contributed by atoms with Crippen LogP contribution in [0.15, 0.2) is 24.8 Å². The van der Waals surface area contributed by atoms with Gasteiger partial charge in [-0.25, -0.2) is 0 Å². The van der Waals surface area contributed by atoms with E-state index in [1.165, 1.54) is 0 Å². The highest BCUT2D eigenvalue weighted by Crippen LogP contribution is 2.21. The Labute approximate surface area is 85.1 Å². The smallest absolute Gasteiger partial charge is 0.0535 e. The summed E-state index contributed by atoms with van der Waals surface area (Å²) in [4.78, 5) is 0. The molecule has 1 radical (unpaired) electrons. The van der Waals surface area contributed by atoms with Gasteiger partial charge in [-0.1, -0.05) is 43.7 Å². The normalized spacial score (nSPS) is 9.86. The van der Waals surface area contributed by atoms with Crippen LogP contribution in [0.5, 0.6) is 0 Å². The Hall–Kier alpha value is -1.52. The molecule has 0 saturated heterocycles. The van der Waals surface area contributed by atoms with Gasteiger partial charge in [0.15, 0.2) is 0 Å². The molecule has 0 fully saturated rings. The first-order valence-corrected chi connectivity index (χ1v) is 4.40. The van der Waals surface area contributed by atoms with Crippen LogP contribution in [0.3, 0.4) is 0 Å². The van der Waals surface area contributed by atoms with Crippen molar-refractivity contribution in [3.8, 4) is 12.3 Å². The number of aliphatic hydroxyl groups excluding tert-OH is 1. The number of rotatable bonds is 3. The van der Waals surface area contributed by atoms with E-state index in [9.17, 15) is 0 Å². The summed E-state index contributed by atoms with van der Waals surface area (Å²) in [6.07, 6.45) is 7.15. The van der Waals surface area contributed by atoms with Crippen molar-refractivity contribution in [2.45, 2.75) is 6.92 Å². The van der Waals surface area contributed by atoms with E-state index in [1.807, 2.05) is 25.1 Å². The molecule has 0 heterocycles. The van der Waals surface area contributed by atoms with Gasteiger partial charge in [-0.05, 0) is 11.1 Å². The summed E-state index contributed by atoms with van der Waals surface area (Å²) in [5.74, 6) is 3.50. The molecule has 0 atom stereocenters. The number of benzene rings is 1. The van der Waals surface area contributed by atoms with Crippen molar-refractivity contribution >= 4 is 6.08 Å². The minimum absolute atomic E-state index is 0.0231. The second kappa shape index (κ2) is 4.64. The van der Waals surface area contributed by atoms with Crippen molar-refractivity contribution in [3.63, 3.8) is 0 Å². The van der Waals surface area contributed by atoms with Crippen LogP contribution >= 0.6 is 0 Å². The van der Waals surface area contributed by atoms with Crippen LogP contribution in [-0.4, -0.2) is 11.7 Å². The lowest BCUT2D eigenvalue weighted by Gasteiger charge is -2.12. The minimum Gasteiger partial charge on any atom is -0.395 e. The highest BCUT2D eigenvalue weighted by molar-refractivity contribution is 5.62. The van der Waals surface area contributed by atoms with Crippen LogP contribution in [0.1, 0.15) is 23.6 Å². The monoisotopic (exact) mass is 185 g/mol. The fourth-order valence-corrected chi connectivity index (χ4v) is 1.34. The van der Waals surface area contributed by atoms with Gasteiger partial charge in [-0.3, -0.25) is 0 Å². The molecule has 0 amide bonds. The Morgan fingerprint density at radius 1 is 1.64 bits per heavy atom. The molecule has 0 aromatic heterocycles. The summed E-state index contributed by atoms with van der Waals surface area (Å²) in [5.41, 5.74) is 2.65. The summed E-state index contributed by atoms with van der Waals surface area (Å²) in [6.45, 7) is 5.59. The lowest BCUT2D eigenvalue weighted by Crippen LogP contribution is -2.03. The van der Waals surface area contributed by atoms with E-state index < -0.39 is 0 Å². The standard InChI is InChI=1S/C13H13O/c1-4-11-7-6-8-13(10(3)9-14)12(11)5-2/h2,4,6-8,14H,1,9H2,3H3. The van der Waals surface area contributed by atoms with Gasteiger partial charge in [0.2, 0.25) is 0 Å². The summed E-state index contributed by atoms with van der Waals surface area (Å²) >= 11 is 0. The molecule has 0 spiro atoms. The molecule has 0 aliphatic rings. The van der Waals surface area contributed by atoms with E-state index in [0.717, 1.165) is 22.6 Å². The van der Waals surface area contributed by atoms with Crippen molar-refractivity contribution < 1.29 is 5.11 Å². The number of hydrogen-bond donors (Lipinski definition) is 1. The topological polar surface area (TPSA) is 20.2 Å². The Bertz CT molecular complexity index is 371.